The molecule has 0 amide bonds. The predicted octanol–water partition coefficient (Wildman–Crippen LogP) is 24.7. The van der Waals surface area contributed by atoms with Gasteiger partial charge in [-0.2, -0.15) is 92.2 Å². The summed E-state index contributed by atoms with van der Waals surface area (Å²) in [5.41, 5.74) is -10.4. The van der Waals surface area contributed by atoms with Gasteiger partial charge in [-0.3, -0.25) is 14.4 Å². The van der Waals surface area contributed by atoms with Gasteiger partial charge in [0.15, 0.2) is 34.4 Å². The topological polar surface area (TPSA) is 138 Å². The van der Waals surface area contributed by atoms with Gasteiger partial charge in [0.25, 0.3) is 0 Å². The summed E-state index contributed by atoms with van der Waals surface area (Å²) in [5, 5.41) is 19.0. The molecule has 31 heteroatoms. The van der Waals surface area contributed by atoms with E-state index in [1.807, 2.05) is 76.2 Å². The van der Waals surface area contributed by atoms with Gasteiger partial charge in [0.1, 0.15) is 0 Å². The minimum atomic E-state index is -4.90. The molecule has 0 spiro atoms. The molecule has 0 aromatic heterocycles. The third kappa shape index (κ3) is 25.2. The van der Waals surface area contributed by atoms with E-state index in [4.69, 9.17) is 9.47 Å². The molecule has 11 rings (SSSR count). The van der Waals surface area contributed by atoms with Crippen molar-refractivity contribution in [3.05, 3.63) is 0 Å². The van der Waals surface area contributed by atoms with E-state index in [9.17, 15) is 117 Å². The molecule has 668 valence electrons. The van der Waals surface area contributed by atoms with Crippen molar-refractivity contribution < 1.29 is 140 Å². The van der Waals surface area contributed by atoms with E-state index in [2.05, 4.69) is 48.8 Å². The van der Waals surface area contributed by atoms with Crippen LogP contribution in [0.2, 0.25) is 0 Å². The predicted molar refractivity (Wildman–Crippen MR) is 386 cm³/mol. The number of unbranched alkanes of at least 4 members (excludes halogenated alkanes) is 1. The Bertz CT molecular complexity index is 2920. The van der Waals surface area contributed by atoms with Gasteiger partial charge < -0.3 is 33.9 Å². The standard InChI is InChI=1S/C13H16F6O2.C13H21F3O.C12H17F3O2.C11H17F3O.C10H15F3.2C7H14O2.C5H9F3.C4H10/c1-6-7(2)9-3-8(6)4-11(9,13(17,18)19)10(20)21-5-12(14,15)16;1-7-8(2)11-5-9(7)4-10(11)6-12(3,17)13(14,15)16;1-6-7(2)9-4-8(6)5-11(9,10(16)17-3)12(13,14)15;1-10(15,11(12,13)14)6-9-5-7-2-3-8(9)4-7;1-5-6(2)8-3-7(5)4-9(8)10(11,12)13;1-5-6(2)9-7(3,4)8-5;1-5-7(2,3)6(8)9-4;1-3-4(2)5(6,7)8;1-3-4-2/h6-9H,3-5H2,1-2H3;7-11,17H,4-6H2,1-3H3;6-9H,4-5H2,1-3H3;7-9,15H,2-6H2,1H3;5-9H,3-4H2,1-2H3;5-6H,1-4H3;5H2,1-4H3;4H,3H2,1-2H3;3-4H2,1-2H3. The van der Waals surface area contributed by atoms with E-state index in [-0.39, 0.29) is 121 Å². The number of carbonyl (C=O) groups is 3. The molecule has 0 aromatic carbocycles. The summed E-state index contributed by atoms with van der Waals surface area (Å²) in [4.78, 5) is 34.4. The number of esters is 3. The minimum absolute atomic E-state index is 0.00396. The first-order chi connectivity index (χ1) is 50.9. The molecule has 1 heterocycles. The molecule has 1 aliphatic heterocycles. The highest BCUT2D eigenvalue weighted by atomic mass is 19.4. The van der Waals surface area contributed by atoms with Gasteiger partial charge >= 0.3 is 61.1 Å². The van der Waals surface area contributed by atoms with E-state index in [0.717, 1.165) is 65.9 Å². The summed E-state index contributed by atoms with van der Waals surface area (Å²) in [5.74, 6) is -3.29. The van der Waals surface area contributed by atoms with Crippen molar-refractivity contribution in [2.45, 2.75) is 333 Å². The molecule has 0 radical (unpaired) electrons. The third-order valence-corrected chi connectivity index (χ3v) is 28.9. The first-order valence-electron chi connectivity index (χ1n) is 40.6. The SMILES string of the molecule is CC(O)(CC1CC2CCC1C2)C(F)(F)F.CC1C2CC(C1C)C(C(=O)OCC(F)(F)F)(C(F)(F)F)C2.CC1C2CC(C1C)C(C(F)(F)F)C2.CC1C2CC(CC(C)(O)C(F)(F)F)C(C2)C1C.CC1OC(C)(C)OC1C.CCC(C)(C)C(=O)OC.CCC(C)C(F)(F)F.CCCC.COC(=O)C1(C(F)(F)F)CC2CC1C(C)C2C. The summed E-state index contributed by atoms with van der Waals surface area (Å²) in [6.45, 7) is 36.2. The minimum Gasteiger partial charge on any atom is -0.469 e. The fourth-order valence-electron chi connectivity index (χ4n) is 20.2. The van der Waals surface area contributed by atoms with Gasteiger partial charge in [-0.25, -0.2) is 0 Å². The van der Waals surface area contributed by atoms with Crippen LogP contribution >= 0.6 is 0 Å². The number of hydrogen-bond donors (Lipinski definition) is 2. The summed E-state index contributed by atoms with van der Waals surface area (Å²) in [6.07, 6.45) is -19.9. The Balaban J connectivity index is 0.000000338. The van der Waals surface area contributed by atoms with E-state index < -0.39 is 114 Å². The lowest BCUT2D eigenvalue weighted by Gasteiger charge is -2.41. The van der Waals surface area contributed by atoms with Crippen molar-refractivity contribution in [3.8, 4) is 0 Å². The van der Waals surface area contributed by atoms with Crippen LogP contribution in [0.1, 0.15) is 261 Å². The van der Waals surface area contributed by atoms with Gasteiger partial charge in [-0.05, 0) is 270 Å². The fraction of sp³-hybridized carbons (Fsp3) is 0.963. The maximum Gasteiger partial charge on any atom is 0.422 e. The third-order valence-electron chi connectivity index (χ3n) is 28.9. The van der Waals surface area contributed by atoms with Crippen LogP contribution in [0.4, 0.5) is 92.2 Å². The second-order valence-corrected chi connectivity index (χ2v) is 36.8. The second kappa shape index (κ2) is 39.1. The second-order valence-electron chi connectivity index (χ2n) is 36.8. The zero-order valence-electron chi connectivity index (χ0n) is 70.4. The first kappa shape index (κ1) is 104. The van der Waals surface area contributed by atoms with Crippen molar-refractivity contribution in [1.29, 1.82) is 0 Å². The molecule has 10 aliphatic carbocycles. The molecule has 10 saturated carbocycles. The number of aliphatic hydroxyl groups is 2. The van der Waals surface area contributed by atoms with Crippen LogP contribution in [-0.2, 0) is 38.1 Å². The van der Waals surface area contributed by atoms with E-state index in [0.29, 0.717) is 60.2 Å². The molecule has 10 bridgehead atoms. The zero-order valence-corrected chi connectivity index (χ0v) is 70.4. The largest absolute Gasteiger partial charge is 0.469 e. The van der Waals surface area contributed by atoms with Gasteiger partial charge in [0.2, 0.25) is 0 Å². The highest BCUT2D eigenvalue weighted by Gasteiger charge is 2.75. The number of hydrogen-bond acceptors (Lipinski definition) is 10. The lowest BCUT2D eigenvalue weighted by molar-refractivity contribution is -0.261. The Morgan fingerprint density at radius 2 is 0.867 bits per heavy atom. The van der Waals surface area contributed by atoms with E-state index in [1.165, 1.54) is 40.2 Å². The van der Waals surface area contributed by atoms with Crippen LogP contribution in [0.3, 0.4) is 0 Å². The monoisotopic (exact) mass is 1680 g/mol. The molecule has 10 nitrogen and oxygen atoms in total. The van der Waals surface area contributed by atoms with Crippen molar-refractivity contribution in [1.82, 2.24) is 0 Å². The lowest BCUT2D eigenvalue weighted by Crippen LogP contribution is -2.53. The Hall–Kier alpha value is -3.22. The molecule has 113 heavy (non-hydrogen) atoms. The van der Waals surface area contributed by atoms with Crippen LogP contribution in [0.25, 0.3) is 0 Å². The average Bonchev–Trinajstić information content (AvgIpc) is 1.56. The van der Waals surface area contributed by atoms with Crippen LogP contribution in [0.5, 0.6) is 0 Å². The van der Waals surface area contributed by atoms with Crippen LogP contribution in [0.15, 0.2) is 0 Å². The average molecular weight is 1680 g/mol. The van der Waals surface area contributed by atoms with E-state index in [1.54, 1.807) is 6.92 Å². The van der Waals surface area contributed by atoms with Gasteiger partial charge in [0, 0.05) is 0 Å². The van der Waals surface area contributed by atoms with E-state index >= 15 is 0 Å². The van der Waals surface area contributed by atoms with Gasteiger partial charge in [0.05, 0.1) is 43.7 Å². The van der Waals surface area contributed by atoms with Crippen LogP contribution in [0, 0.1) is 146 Å². The smallest absolute Gasteiger partial charge is 0.422 e. The quantitative estimate of drug-likeness (QED) is 0.117. The summed E-state index contributed by atoms with van der Waals surface area (Å²) < 4.78 is 288. The maximum absolute atomic E-state index is 13.5. The normalized spacial score (nSPS) is 37.5. The van der Waals surface area contributed by atoms with Crippen molar-refractivity contribution in [2.24, 2.45) is 146 Å². The summed E-state index contributed by atoms with van der Waals surface area (Å²) in [7, 11) is 2.45. The number of ether oxygens (including phenoxy) is 5. The van der Waals surface area contributed by atoms with Gasteiger partial charge in [-0.1, -0.05) is 109 Å². The van der Waals surface area contributed by atoms with Crippen molar-refractivity contribution in [2.75, 3.05) is 20.8 Å². The number of alkyl halides is 21. The highest BCUT2D eigenvalue weighted by molar-refractivity contribution is 5.80. The van der Waals surface area contributed by atoms with Crippen molar-refractivity contribution in [3.63, 3.8) is 0 Å². The van der Waals surface area contributed by atoms with Crippen LogP contribution in [-0.4, -0.2) is 121 Å². The number of fused-ring (bicyclic) bond motifs is 10. The lowest BCUT2D eigenvalue weighted by atomic mass is 9.65. The number of halogens is 21. The summed E-state index contributed by atoms with van der Waals surface area (Å²) in [6, 6.07) is 0. The molecule has 28 atom stereocenters. The Morgan fingerprint density at radius 1 is 0.469 bits per heavy atom. The Labute approximate surface area is 656 Å². The number of carbonyl (C=O) groups excluding carboxylic acids is 3. The zero-order chi connectivity index (χ0) is 88.1. The molecule has 0 aromatic rings. The van der Waals surface area contributed by atoms with Gasteiger partial charge in [-0.15, -0.1) is 0 Å². The molecule has 11 fully saturated rings. The molecule has 28 unspecified atom stereocenters. The number of rotatable bonds is 11. The highest BCUT2D eigenvalue weighted by Crippen LogP contribution is 2.69. The summed E-state index contributed by atoms with van der Waals surface area (Å²) >= 11 is 0. The Morgan fingerprint density at radius 3 is 1.12 bits per heavy atom. The Kier molecular flexibility index (Phi) is 36.0. The molecule has 2 N–H and O–H groups in total. The fourth-order valence-corrected chi connectivity index (χ4v) is 20.2. The van der Waals surface area contributed by atoms with Crippen LogP contribution < -0.4 is 0 Å². The number of methoxy groups -OCH3 is 2. The molecule has 1 saturated heterocycles. The first-order valence-corrected chi connectivity index (χ1v) is 40.6. The molecular formula is C82H133F21O10. The molecule has 11 aliphatic rings. The molecular weight excluding hydrogens is 1540 g/mol. The van der Waals surface area contributed by atoms with Crippen molar-refractivity contribution >= 4 is 17.9 Å². The maximum atomic E-state index is 13.5.